The van der Waals surface area contributed by atoms with Crippen LogP contribution in [0.1, 0.15) is 18.4 Å². The molecule has 0 amide bonds. The molecule has 0 radical (unpaired) electrons. The molecule has 0 spiro atoms. The summed E-state index contributed by atoms with van der Waals surface area (Å²) in [7, 11) is 0. The van der Waals surface area contributed by atoms with Crippen LogP contribution >= 0.6 is 0 Å². The molecule has 92 valence electrons. The Hall–Kier alpha value is -1.49. The maximum Gasteiger partial charge on any atom is 0.314 e. The zero-order valence-corrected chi connectivity index (χ0v) is 8.99. The molecule has 3 nitrogen and oxygen atoms in total. The van der Waals surface area contributed by atoms with Gasteiger partial charge in [0.25, 0.3) is 0 Å². The minimum absolute atomic E-state index is 0.122. The van der Waals surface area contributed by atoms with Crippen molar-refractivity contribution in [3.63, 3.8) is 0 Å². The number of hydrogen-bond donors (Lipinski definition) is 2. The van der Waals surface area contributed by atoms with E-state index in [0.29, 0.717) is 0 Å². The van der Waals surface area contributed by atoms with E-state index in [1.807, 2.05) is 0 Å². The number of rotatable bonds is 4. The maximum atomic E-state index is 13.6. The number of carboxylic acids is 1. The van der Waals surface area contributed by atoms with Crippen molar-refractivity contribution in [3.8, 4) is 0 Å². The van der Waals surface area contributed by atoms with Crippen LogP contribution in [0, 0.1) is 17.6 Å². The molecule has 1 aromatic carbocycles. The fraction of sp³-hybridized carbons (Fsp3) is 0.417. The molecule has 0 saturated heterocycles. The van der Waals surface area contributed by atoms with Crippen molar-refractivity contribution >= 4 is 5.97 Å². The Morgan fingerprint density at radius 3 is 2.76 bits per heavy atom. The van der Waals surface area contributed by atoms with Crippen LogP contribution in [0.5, 0.6) is 0 Å². The summed E-state index contributed by atoms with van der Waals surface area (Å²) >= 11 is 0. The Morgan fingerprint density at radius 1 is 1.47 bits per heavy atom. The van der Waals surface area contributed by atoms with Gasteiger partial charge in [0.1, 0.15) is 11.6 Å². The van der Waals surface area contributed by atoms with Crippen LogP contribution in [-0.4, -0.2) is 22.8 Å². The first-order valence-corrected chi connectivity index (χ1v) is 5.32. The van der Waals surface area contributed by atoms with Crippen molar-refractivity contribution in [3.05, 3.63) is 35.4 Å². The van der Waals surface area contributed by atoms with Crippen LogP contribution in [0.25, 0.3) is 0 Å². The van der Waals surface area contributed by atoms with E-state index in [2.05, 4.69) is 0 Å². The molecule has 0 bridgehead atoms. The first-order chi connectivity index (χ1) is 8.02. The quantitative estimate of drug-likeness (QED) is 0.844. The summed E-state index contributed by atoms with van der Waals surface area (Å²) in [4.78, 5) is 11.3. The monoisotopic (exact) mass is 242 g/mol. The first kappa shape index (κ1) is 12.0. The van der Waals surface area contributed by atoms with Gasteiger partial charge in [-0.2, -0.15) is 0 Å². The predicted molar refractivity (Wildman–Crippen MR) is 55.5 cm³/mol. The van der Waals surface area contributed by atoms with Crippen LogP contribution in [0.2, 0.25) is 0 Å². The van der Waals surface area contributed by atoms with Gasteiger partial charge >= 0.3 is 5.97 Å². The highest BCUT2D eigenvalue weighted by molar-refractivity contribution is 5.86. The van der Waals surface area contributed by atoms with E-state index in [0.717, 1.165) is 18.2 Å². The molecule has 5 heteroatoms. The lowest BCUT2D eigenvalue weighted by atomic mass is 9.92. The van der Waals surface area contributed by atoms with Gasteiger partial charge in [-0.25, -0.2) is 8.78 Å². The molecule has 1 fully saturated rings. The summed E-state index contributed by atoms with van der Waals surface area (Å²) < 4.78 is 26.7. The number of aliphatic hydroxyl groups excluding tert-OH is 1. The average Bonchev–Trinajstić information content (AvgIpc) is 2.98. The zero-order chi connectivity index (χ0) is 12.6. The highest BCUT2D eigenvalue weighted by Gasteiger charge is 2.62. The van der Waals surface area contributed by atoms with Crippen LogP contribution in [0.15, 0.2) is 18.2 Å². The third kappa shape index (κ3) is 1.80. The van der Waals surface area contributed by atoms with E-state index in [1.54, 1.807) is 0 Å². The number of aliphatic hydroxyl groups is 1. The van der Waals surface area contributed by atoms with Crippen LogP contribution in [0.4, 0.5) is 8.78 Å². The van der Waals surface area contributed by atoms with Crippen LogP contribution < -0.4 is 0 Å². The Bertz CT molecular complexity index is 461. The third-order valence-electron chi connectivity index (χ3n) is 3.37. The summed E-state index contributed by atoms with van der Waals surface area (Å²) in [5.74, 6) is -2.87. The fourth-order valence-electron chi connectivity index (χ4n) is 2.38. The topological polar surface area (TPSA) is 57.5 Å². The van der Waals surface area contributed by atoms with Crippen molar-refractivity contribution < 1.29 is 23.8 Å². The van der Waals surface area contributed by atoms with Gasteiger partial charge in [-0.05, 0) is 37.0 Å². The summed E-state index contributed by atoms with van der Waals surface area (Å²) in [5.41, 5.74) is -1.49. The van der Waals surface area contributed by atoms with Gasteiger partial charge in [-0.15, -0.1) is 0 Å². The van der Waals surface area contributed by atoms with E-state index < -0.39 is 23.0 Å². The number of carbonyl (C=O) groups is 1. The fourth-order valence-corrected chi connectivity index (χ4v) is 2.38. The van der Waals surface area contributed by atoms with Gasteiger partial charge in [0.2, 0.25) is 0 Å². The second-order valence-corrected chi connectivity index (χ2v) is 4.31. The van der Waals surface area contributed by atoms with Crippen LogP contribution in [-0.2, 0) is 10.2 Å². The Balaban J connectivity index is 2.42. The number of carboxylic acid groups (broad SMARTS) is 1. The lowest BCUT2D eigenvalue weighted by Crippen LogP contribution is -2.24. The molecule has 0 aliphatic heterocycles. The number of halogens is 2. The molecule has 2 N–H and O–H groups in total. The molecular weight excluding hydrogens is 230 g/mol. The lowest BCUT2D eigenvalue weighted by molar-refractivity contribution is -0.140. The summed E-state index contributed by atoms with van der Waals surface area (Å²) in [5, 5.41) is 18.0. The zero-order valence-electron chi connectivity index (χ0n) is 8.99. The second kappa shape index (κ2) is 4.07. The molecule has 0 aromatic heterocycles. The van der Waals surface area contributed by atoms with E-state index in [-0.39, 0.29) is 30.9 Å². The Morgan fingerprint density at radius 2 is 2.18 bits per heavy atom. The minimum atomic E-state index is -1.37. The SMILES string of the molecule is O=C(O)[C@]1(c2cc(F)ccc2F)C[C@@H]1CCO. The molecule has 2 rings (SSSR count). The Kier molecular flexibility index (Phi) is 2.87. The minimum Gasteiger partial charge on any atom is -0.481 e. The smallest absolute Gasteiger partial charge is 0.314 e. The second-order valence-electron chi connectivity index (χ2n) is 4.31. The normalized spacial score (nSPS) is 26.9. The first-order valence-electron chi connectivity index (χ1n) is 5.32. The van der Waals surface area contributed by atoms with Gasteiger partial charge in [-0.3, -0.25) is 4.79 Å². The summed E-state index contributed by atoms with van der Waals surface area (Å²) in [6.07, 6.45) is 0.519. The number of hydrogen-bond acceptors (Lipinski definition) is 2. The molecule has 0 heterocycles. The van der Waals surface area contributed by atoms with Crippen LogP contribution in [0.3, 0.4) is 0 Å². The van der Waals surface area contributed by atoms with Gasteiger partial charge in [0, 0.05) is 12.2 Å². The highest BCUT2D eigenvalue weighted by Crippen LogP contribution is 2.56. The van der Waals surface area contributed by atoms with Crippen molar-refractivity contribution in [2.24, 2.45) is 5.92 Å². The van der Waals surface area contributed by atoms with Gasteiger partial charge in [-0.1, -0.05) is 0 Å². The van der Waals surface area contributed by atoms with E-state index in [1.165, 1.54) is 0 Å². The van der Waals surface area contributed by atoms with Crippen molar-refractivity contribution in [1.29, 1.82) is 0 Å². The van der Waals surface area contributed by atoms with E-state index in [9.17, 15) is 18.7 Å². The standard InChI is InChI=1S/C12H12F2O3/c13-8-1-2-10(14)9(5-8)12(11(16)17)6-7(12)3-4-15/h1-2,5,7,15H,3-4,6H2,(H,16,17)/t7-,12+/m0/s1. The Labute approximate surface area is 96.7 Å². The van der Waals surface area contributed by atoms with E-state index >= 15 is 0 Å². The molecule has 0 unspecified atom stereocenters. The van der Waals surface area contributed by atoms with Gasteiger partial charge in [0.05, 0.1) is 5.41 Å². The van der Waals surface area contributed by atoms with Gasteiger partial charge < -0.3 is 10.2 Å². The number of aliphatic carboxylic acids is 1. The van der Waals surface area contributed by atoms with Crippen molar-refractivity contribution in [1.82, 2.24) is 0 Å². The molecule has 17 heavy (non-hydrogen) atoms. The lowest BCUT2D eigenvalue weighted by Gasteiger charge is -2.13. The molecule has 1 aliphatic carbocycles. The molecule has 1 saturated carbocycles. The average molecular weight is 242 g/mol. The molecule has 1 aromatic rings. The van der Waals surface area contributed by atoms with E-state index in [4.69, 9.17) is 5.11 Å². The maximum absolute atomic E-state index is 13.6. The largest absolute Gasteiger partial charge is 0.481 e. The third-order valence-corrected chi connectivity index (χ3v) is 3.37. The summed E-state index contributed by atoms with van der Waals surface area (Å²) in [6, 6.07) is 2.82. The highest BCUT2D eigenvalue weighted by atomic mass is 19.1. The number of benzene rings is 1. The van der Waals surface area contributed by atoms with Gasteiger partial charge in [0.15, 0.2) is 0 Å². The van der Waals surface area contributed by atoms with Crippen molar-refractivity contribution in [2.45, 2.75) is 18.3 Å². The molecular formula is C12H12F2O3. The predicted octanol–water partition coefficient (Wildman–Crippen LogP) is 1.69. The molecule has 1 aliphatic rings. The summed E-state index contributed by atoms with van der Waals surface area (Å²) in [6.45, 7) is -0.156. The molecule has 2 atom stereocenters. The van der Waals surface area contributed by atoms with Crippen molar-refractivity contribution in [2.75, 3.05) is 6.61 Å².